The molecule has 0 radical (unpaired) electrons. The molecule has 1 aromatic rings. The number of hydrogen-bond acceptors (Lipinski definition) is 3. The van der Waals surface area contributed by atoms with Crippen molar-refractivity contribution in [2.75, 3.05) is 40.3 Å². The number of nitrogens with zero attached hydrogens (tertiary/aromatic N) is 3. The number of aliphatic imine (C=N–C) groups is 1. The Balaban J connectivity index is 0.00000392. The maximum absolute atomic E-state index is 11.9. The first-order chi connectivity index (χ1) is 12.8. The second-order valence-electron chi connectivity index (χ2n) is 7.00. The molecule has 5 nitrogen and oxygen atoms in total. The standard InChI is InChI=1S/C20H29ClN4OS.HI/c1-15(2)13-22-20(23-14-19(26)24(3)4)25-11-9-18(10-12-25)27-17-7-5-16(21)6-8-17;/h5-8,18H,1,9-14H2,2-4H3,(H,22,23);1H. The molecule has 1 saturated heterocycles. The van der Waals surface area contributed by atoms with Gasteiger partial charge >= 0.3 is 0 Å². The summed E-state index contributed by atoms with van der Waals surface area (Å²) in [5.74, 6) is 0.793. The number of piperidine rings is 1. The summed E-state index contributed by atoms with van der Waals surface area (Å²) in [4.78, 5) is 21.5. The minimum absolute atomic E-state index is 0. The molecule has 2 rings (SSSR count). The molecule has 0 spiro atoms. The Bertz CT molecular complexity index is 673. The lowest BCUT2D eigenvalue weighted by Crippen LogP contribution is -2.47. The lowest BCUT2D eigenvalue weighted by Gasteiger charge is -2.34. The van der Waals surface area contributed by atoms with Crippen molar-refractivity contribution in [1.82, 2.24) is 15.1 Å². The number of halogens is 2. The Hall–Kier alpha value is -0.930. The Morgan fingerprint density at radius 1 is 1.32 bits per heavy atom. The molecule has 1 aliphatic rings. The number of carbonyl (C=O) groups is 1. The molecule has 1 N–H and O–H groups in total. The number of likely N-dealkylation sites (N-methyl/N-ethyl adjacent to an activating group) is 1. The summed E-state index contributed by atoms with van der Waals surface area (Å²) in [6.45, 7) is 8.57. The molecule has 0 atom stereocenters. The van der Waals surface area contributed by atoms with Gasteiger partial charge in [-0.1, -0.05) is 23.8 Å². The van der Waals surface area contributed by atoms with E-state index in [-0.39, 0.29) is 36.4 Å². The smallest absolute Gasteiger partial charge is 0.243 e. The van der Waals surface area contributed by atoms with Gasteiger partial charge in [0.25, 0.3) is 0 Å². The van der Waals surface area contributed by atoms with Crippen LogP contribution in [-0.2, 0) is 4.79 Å². The van der Waals surface area contributed by atoms with Crippen molar-refractivity contribution < 1.29 is 4.79 Å². The zero-order chi connectivity index (χ0) is 19.8. The van der Waals surface area contributed by atoms with Crippen molar-refractivity contribution in [2.24, 2.45) is 4.99 Å². The number of rotatable bonds is 6. The van der Waals surface area contributed by atoms with E-state index in [2.05, 4.69) is 33.9 Å². The summed E-state index contributed by atoms with van der Waals surface area (Å²) in [6.07, 6.45) is 2.14. The van der Waals surface area contributed by atoms with Crippen molar-refractivity contribution in [2.45, 2.75) is 29.9 Å². The lowest BCUT2D eigenvalue weighted by atomic mass is 10.1. The highest BCUT2D eigenvalue weighted by molar-refractivity contribution is 14.0. The number of hydrogen-bond donors (Lipinski definition) is 1. The van der Waals surface area contributed by atoms with Crippen molar-refractivity contribution in [3.05, 3.63) is 41.4 Å². The van der Waals surface area contributed by atoms with E-state index >= 15 is 0 Å². The van der Waals surface area contributed by atoms with Crippen LogP contribution in [0, 0.1) is 0 Å². The average Bonchev–Trinajstić information content (AvgIpc) is 2.64. The first-order valence-electron chi connectivity index (χ1n) is 9.15. The summed E-state index contributed by atoms with van der Waals surface area (Å²) in [7, 11) is 3.50. The van der Waals surface area contributed by atoms with Crippen molar-refractivity contribution in [3.8, 4) is 0 Å². The van der Waals surface area contributed by atoms with Gasteiger partial charge in [0.05, 0.1) is 0 Å². The molecule has 1 amide bonds. The van der Waals surface area contributed by atoms with Crippen molar-refractivity contribution in [3.63, 3.8) is 0 Å². The monoisotopic (exact) mass is 536 g/mol. The van der Waals surface area contributed by atoms with Gasteiger partial charge in [0, 0.05) is 48.9 Å². The van der Waals surface area contributed by atoms with Gasteiger partial charge in [0.2, 0.25) is 5.91 Å². The van der Waals surface area contributed by atoms with Crippen LogP contribution in [0.4, 0.5) is 0 Å². The van der Waals surface area contributed by atoms with Crippen LogP contribution in [0.3, 0.4) is 0 Å². The Labute approximate surface area is 195 Å². The molecule has 1 heterocycles. The van der Waals surface area contributed by atoms with Gasteiger partial charge in [-0.05, 0) is 44.0 Å². The summed E-state index contributed by atoms with van der Waals surface area (Å²) >= 11 is 7.87. The molecule has 156 valence electrons. The third kappa shape index (κ3) is 8.61. The molecular weight excluding hydrogens is 507 g/mol. The highest BCUT2D eigenvalue weighted by atomic mass is 127. The molecule has 28 heavy (non-hydrogen) atoms. The van der Waals surface area contributed by atoms with Crippen LogP contribution in [0.5, 0.6) is 0 Å². The fraction of sp³-hybridized carbons (Fsp3) is 0.500. The van der Waals surface area contributed by atoms with Gasteiger partial charge in [0.15, 0.2) is 5.96 Å². The van der Waals surface area contributed by atoms with Crippen molar-refractivity contribution >= 4 is 59.2 Å². The average molecular weight is 537 g/mol. The molecule has 0 aromatic heterocycles. The maximum Gasteiger partial charge on any atom is 0.243 e. The fourth-order valence-corrected chi connectivity index (χ4v) is 3.92. The van der Waals surface area contributed by atoms with Crippen LogP contribution >= 0.6 is 47.3 Å². The van der Waals surface area contributed by atoms with E-state index in [1.165, 1.54) is 4.90 Å². The number of likely N-dealkylation sites (tertiary alicyclic amines) is 1. The normalized spacial score (nSPS) is 15.0. The number of benzene rings is 1. The molecule has 0 unspecified atom stereocenters. The first-order valence-corrected chi connectivity index (χ1v) is 10.4. The second-order valence-corrected chi connectivity index (χ2v) is 8.81. The predicted octanol–water partition coefficient (Wildman–Crippen LogP) is 4.12. The zero-order valence-corrected chi connectivity index (χ0v) is 20.7. The van der Waals surface area contributed by atoms with Crippen LogP contribution in [0.15, 0.2) is 46.3 Å². The SMILES string of the molecule is C=C(C)CNC(=NCC(=O)N(C)C)N1CCC(Sc2ccc(Cl)cc2)CC1.I. The summed E-state index contributed by atoms with van der Waals surface area (Å²) in [6, 6.07) is 8.03. The summed E-state index contributed by atoms with van der Waals surface area (Å²) in [5.41, 5.74) is 1.04. The fourth-order valence-electron chi connectivity index (χ4n) is 2.67. The van der Waals surface area contributed by atoms with E-state index in [0.717, 1.165) is 42.5 Å². The van der Waals surface area contributed by atoms with Gasteiger partial charge < -0.3 is 15.1 Å². The molecule has 1 aliphatic heterocycles. The van der Waals surface area contributed by atoms with Crippen LogP contribution in [0.25, 0.3) is 0 Å². The molecule has 0 bridgehead atoms. The summed E-state index contributed by atoms with van der Waals surface area (Å²) < 4.78 is 0. The van der Waals surface area contributed by atoms with E-state index in [9.17, 15) is 4.79 Å². The second kappa shape index (κ2) is 12.6. The van der Waals surface area contributed by atoms with Gasteiger partial charge in [-0.2, -0.15) is 0 Å². The minimum Gasteiger partial charge on any atom is -0.353 e. The molecule has 0 saturated carbocycles. The van der Waals surface area contributed by atoms with Crippen LogP contribution < -0.4 is 5.32 Å². The molecule has 1 fully saturated rings. The highest BCUT2D eigenvalue weighted by Crippen LogP contribution is 2.31. The van der Waals surface area contributed by atoms with Crippen LogP contribution in [0.2, 0.25) is 5.02 Å². The van der Waals surface area contributed by atoms with Gasteiger partial charge in [-0.3, -0.25) is 4.79 Å². The van der Waals surface area contributed by atoms with Crippen LogP contribution in [-0.4, -0.2) is 67.2 Å². The number of thioether (sulfide) groups is 1. The zero-order valence-electron chi connectivity index (χ0n) is 16.8. The number of nitrogens with one attached hydrogen (secondary N) is 1. The van der Waals surface area contributed by atoms with Crippen LogP contribution in [0.1, 0.15) is 19.8 Å². The number of amides is 1. The predicted molar refractivity (Wildman–Crippen MR) is 131 cm³/mol. The van der Waals surface area contributed by atoms with E-state index in [0.29, 0.717) is 11.8 Å². The van der Waals surface area contributed by atoms with Crippen molar-refractivity contribution in [1.29, 1.82) is 0 Å². The molecule has 8 heteroatoms. The van der Waals surface area contributed by atoms with E-state index in [4.69, 9.17) is 11.6 Å². The number of guanidine groups is 1. The Kier molecular flexibility index (Phi) is 11.3. The van der Waals surface area contributed by atoms with Gasteiger partial charge in [-0.25, -0.2) is 4.99 Å². The largest absolute Gasteiger partial charge is 0.353 e. The van der Waals surface area contributed by atoms with Gasteiger partial charge in [-0.15, -0.1) is 35.7 Å². The van der Waals surface area contributed by atoms with E-state index in [1.807, 2.05) is 30.8 Å². The Morgan fingerprint density at radius 3 is 2.46 bits per heavy atom. The lowest BCUT2D eigenvalue weighted by molar-refractivity contribution is -0.127. The first kappa shape index (κ1) is 25.1. The van der Waals surface area contributed by atoms with Gasteiger partial charge in [0.1, 0.15) is 6.54 Å². The third-order valence-electron chi connectivity index (χ3n) is 4.27. The topological polar surface area (TPSA) is 47.9 Å². The van der Waals surface area contributed by atoms with E-state index in [1.54, 1.807) is 19.0 Å². The molecular formula is C20H30ClIN4OS. The third-order valence-corrected chi connectivity index (χ3v) is 5.87. The minimum atomic E-state index is -0.00203. The highest BCUT2D eigenvalue weighted by Gasteiger charge is 2.22. The maximum atomic E-state index is 11.9. The molecule has 0 aliphatic carbocycles. The quantitative estimate of drug-likeness (QED) is 0.257. The number of carbonyl (C=O) groups excluding carboxylic acids is 1. The molecule has 1 aromatic carbocycles. The summed E-state index contributed by atoms with van der Waals surface area (Å²) in [5, 5.41) is 4.68. The van der Waals surface area contributed by atoms with E-state index < -0.39 is 0 Å². The Morgan fingerprint density at radius 2 is 1.93 bits per heavy atom.